The van der Waals surface area contributed by atoms with Crippen molar-refractivity contribution in [2.75, 3.05) is 13.2 Å². The number of rotatable bonds is 9. The first-order valence-corrected chi connectivity index (χ1v) is 12.2. The van der Waals surface area contributed by atoms with Gasteiger partial charge in [-0.05, 0) is 43.5 Å². The van der Waals surface area contributed by atoms with Crippen molar-refractivity contribution in [3.63, 3.8) is 0 Å². The summed E-state index contributed by atoms with van der Waals surface area (Å²) >= 11 is 0. The first-order chi connectivity index (χ1) is 13.1. The number of hydrogen-bond acceptors (Lipinski definition) is 5. The molecular formula is C19H28F3NO5Si. The maximum absolute atomic E-state index is 12.9. The average Bonchev–Trinajstić information content (AvgIpc) is 2.58. The molecule has 0 aromatic heterocycles. The summed E-state index contributed by atoms with van der Waals surface area (Å²) in [6.07, 6.45) is -2.78. The summed E-state index contributed by atoms with van der Waals surface area (Å²) in [5.41, 5.74) is -2.57. The lowest BCUT2D eigenvalue weighted by molar-refractivity contribution is -0.385. The molecule has 0 radical (unpaired) electrons. The van der Waals surface area contributed by atoms with Crippen LogP contribution in [0.4, 0.5) is 18.9 Å². The van der Waals surface area contributed by atoms with Crippen molar-refractivity contribution < 1.29 is 32.1 Å². The second-order valence-electron chi connectivity index (χ2n) is 8.33. The number of nitrogens with zero attached hydrogens (tertiary/aromatic N) is 1. The van der Waals surface area contributed by atoms with Gasteiger partial charge in [-0.3, -0.25) is 10.1 Å². The van der Waals surface area contributed by atoms with Crippen LogP contribution in [-0.2, 0) is 15.3 Å². The fourth-order valence-electron chi connectivity index (χ4n) is 2.17. The molecule has 0 unspecified atom stereocenters. The van der Waals surface area contributed by atoms with Gasteiger partial charge >= 0.3 is 12.1 Å². The van der Waals surface area contributed by atoms with Crippen LogP contribution >= 0.6 is 0 Å². The van der Waals surface area contributed by atoms with Gasteiger partial charge in [-0.15, -0.1) is 0 Å². The van der Waals surface area contributed by atoms with Gasteiger partial charge in [0, 0.05) is 18.7 Å². The van der Waals surface area contributed by atoms with Crippen LogP contribution in [0.1, 0.15) is 56.0 Å². The molecule has 0 aliphatic rings. The highest BCUT2D eigenvalue weighted by Crippen LogP contribution is 2.36. The number of benzene rings is 1. The molecule has 1 aromatic carbocycles. The smallest absolute Gasteiger partial charge is 0.416 e. The molecule has 10 heteroatoms. The van der Waals surface area contributed by atoms with E-state index in [1.807, 2.05) is 0 Å². The molecule has 0 aliphatic carbocycles. The molecular weight excluding hydrogens is 407 g/mol. The minimum absolute atomic E-state index is 0.0168. The average molecular weight is 436 g/mol. The lowest BCUT2D eigenvalue weighted by atomic mass is 10.1. The van der Waals surface area contributed by atoms with Crippen molar-refractivity contribution in [1.29, 1.82) is 0 Å². The van der Waals surface area contributed by atoms with Crippen molar-refractivity contribution in [2.45, 2.75) is 64.3 Å². The minimum Gasteiger partial charge on any atom is -0.462 e. The Labute approximate surface area is 169 Å². The van der Waals surface area contributed by atoms with Crippen molar-refractivity contribution in [3.8, 4) is 0 Å². The predicted octanol–water partition coefficient (Wildman–Crippen LogP) is 5.96. The van der Waals surface area contributed by atoms with Gasteiger partial charge in [-0.2, -0.15) is 13.2 Å². The molecule has 0 spiro atoms. The molecule has 0 saturated heterocycles. The molecule has 0 fully saturated rings. The fourth-order valence-corrected chi connectivity index (χ4v) is 3.26. The van der Waals surface area contributed by atoms with E-state index in [9.17, 15) is 28.1 Å². The van der Waals surface area contributed by atoms with E-state index in [1.165, 1.54) is 0 Å². The van der Waals surface area contributed by atoms with Crippen LogP contribution in [0.3, 0.4) is 0 Å². The SMILES string of the molecule is CC(C)(C)[Si](C)(C)OCCCCCOC(=O)c1cc([N+](=O)[O-])cc(C(F)(F)F)c1. The summed E-state index contributed by atoms with van der Waals surface area (Å²) in [4.78, 5) is 21.8. The fraction of sp³-hybridized carbons (Fsp3) is 0.632. The van der Waals surface area contributed by atoms with Crippen LogP contribution in [0.25, 0.3) is 0 Å². The zero-order valence-electron chi connectivity index (χ0n) is 17.4. The van der Waals surface area contributed by atoms with Crippen molar-refractivity contribution in [2.24, 2.45) is 0 Å². The van der Waals surface area contributed by atoms with Crippen LogP contribution in [0.2, 0.25) is 18.1 Å². The van der Waals surface area contributed by atoms with Gasteiger partial charge in [0.25, 0.3) is 5.69 Å². The Bertz CT molecular complexity index is 730. The summed E-state index contributed by atoms with van der Waals surface area (Å²) in [7, 11) is -1.80. The van der Waals surface area contributed by atoms with Gasteiger partial charge in [-0.25, -0.2) is 4.79 Å². The Kier molecular flexibility index (Phi) is 8.40. The zero-order valence-corrected chi connectivity index (χ0v) is 18.4. The number of halogens is 3. The molecule has 0 atom stereocenters. The molecule has 0 amide bonds. The molecule has 29 heavy (non-hydrogen) atoms. The van der Waals surface area contributed by atoms with E-state index < -0.39 is 42.2 Å². The summed E-state index contributed by atoms with van der Waals surface area (Å²) in [5.74, 6) is -1.02. The quantitative estimate of drug-likeness (QED) is 0.157. The maximum atomic E-state index is 12.9. The standard InChI is InChI=1S/C19H28F3NO5Si/c1-18(2,3)29(4,5)28-10-8-6-7-9-27-17(24)14-11-15(19(20,21)22)13-16(12-14)23(25)26/h11-13H,6-10H2,1-5H3. The van der Waals surface area contributed by atoms with Crippen LogP contribution in [0.15, 0.2) is 18.2 Å². The van der Waals surface area contributed by atoms with Crippen molar-refractivity contribution in [1.82, 2.24) is 0 Å². The first kappa shape index (κ1) is 25.1. The molecule has 1 aromatic rings. The van der Waals surface area contributed by atoms with Gasteiger partial charge in [0.05, 0.1) is 22.7 Å². The van der Waals surface area contributed by atoms with E-state index in [2.05, 4.69) is 33.9 Å². The van der Waals surface area contributed by atoms with Gasteiger partial charge in [0.1, 0.15) is 0 Å². The van der Waals surface area contributed by atoms with E-state index >= 15 is 0 Å². The molecule has 0 N–H and O–H groups in total. The Hall–Kier alpha value is -1.94. The second kappa shape index (κ2) is 9.71. The first-order valence-electron chi connectivity index (χ1n) is 9.33. The molecule has 0 bridgehead atoms. The molecule has 0 aliphatic heterocycles. The third-order valence-electron chi connectivity index (χ3n) is 4.98. The van der Waals surface area contributed by atoms with E-state index in [1.54, 1.807) is 0 Å². The Morgan fingerprint density at radius 1 is 1.07 bits per heavy atom. The van der Waals surface area contributed by atoms with Gasteiger partial charge in [0.15, 0.2) is 8.32 Å². The van der Waals surface area contributed by atoms with Gasteiger partial charge < -0.3 is 9.16 Å². The van der Waals surface area contributed by atoms with E-state index in [0.29, 0.717) is 25.2 Å². The number of esters is 1. The van der Waals surface area contributed by atoms with E-state index in [4.69, 9.17) is 9.16 Å². The summed E-state index contributed by atoms with van der Waals surface area (Å²) in [5, 5.41) is 10.9. The number of unbranched alkanes of at least 4 members (excludes halogenated alkanes) is 2. The largest absolute Gasteiger partial charge is 0.462 e. The highest BCUT2D eigenvalue weighted by atomic mass is 28.4. The summed E-state index contributed by atoms with van der Waals surface area (Å²) in [6.45, 7) is 11.4. The Morgan fingerprint density at radius 3 is 2.17 bits per heavy atom. The minimum atomic E-state index is -4.80. The number of ether oxygens (including phenoxy) is 1. The molecule has 0 saturated carbocycles. The van der Waals surface area contributed by atoms with Crippen molar-refractivity contribution in [3.05, 3.63) is 39.4 Å². The number of nitro benzene ring substituents is 1. The summed E-state index contributed by atoms with van der Waals surface area (Å²) < 4.78 is 49.6. The van der Waals surface area contributed by atoms with E-state index in [0.717, 1.165) is 18.9 Å². The lowest BCUT2D eigenvalue weighted by Crippen LogP contribution is -2.40. The Balaban J connectivity index is 2.51. The van der Waals surface area contributed by atoms with Crippen LogP contribution < -0.4 is 0 Å². The number of non-ortho nitro benzene ring substituents is 1. The predicted molar refractivity (Wildman–Crippen MR) is 105 cm³/mol. The van der Waals surface area contributed by atoms with E-state index in [-0.39, 0.29) is 11.6 Å². The monoisotopic (exact) mass is 435 g/mol. The van der Waals surface area contributed by atoms with Crippen LogP contribution in [0.5, 0.6) is 0 Å². The highest BCUT2D eigenvalue weighted by molar-refractivity contribution is 6.74. The number of hydrogen-bond donors (Lipinski definition) is 0. The summed E-state index contributed by atoms with van der Waals surface area (Å²) in [6, 6.07) is 1.73. The number of carbonyl (C=O) groups is 1. The highest BCUT2D eigenvalue weighted by Gasteiger charge is 2.37. The molecule has 1 rings (SSSR count). The Morgan fingerprint density at radius 2 is 1.66 bits per heavy atom. The van der Waals surface area contributed by atoms with Crippen molar-refractivity contribution >= 4 is 20.0 Å². The molecule has 6 nitrogen and oxygen atoms in total. The zero-order chi connectivity index (χ0) is 22.5. The topological polar surface area (TPSA) is 78.7 Å². The van der Waals surface area contributed by atoms with Gasteiger partial charge in [0.2, 0.25) is 0 Å². The molecule has 164 valence electrons. The van der Waals surface area contributed by atoms with Crippen LogP contribution in [0, 0.1) is 10.1 Å². The van der Waals surface area contributed by atoms with Gasteiger partial charge in [-0.1, -0.05) is 20.8 Å². The second-order valence-corrected chi connectivity index (χ2v) is 13.1. The van der Waals surface area contributed by atoms with Crippen LogP contribution in [-0.4, -0.2) is 32.4 Å². The number of carbonyl (C=O) groups excluding carboxylic acids is 1. The lowest BCUT2D eigenvalue weighted by Gasteiger charge is -2.36. The third kappa shape index (κ3) is 7.77. The normalized spacial score (nSPS) is 12.7. The third-order valence-corrected chi connectivity index (χ3v) is 9.52. The number of nitro groups is 1. The number of alkyl halides is 3. The molecule has 0 heterocycles. The maximum Gasteiger partial charge on any atom is 0.416 e.